The number of hydrogen-bond donors (Lipinski definition) is 2. The highest BCUT2D eigenvalue weighted by Gasteiger charge is 2.14. The van der Waals surface area contributed by atoms with Gasteiger partial charge < -0.3 is 15.0 Å². The number of halogens is 1. The summed E-state index contributed by atoms with van der Waals surface area (Å²) in [5.74, 6) is 0.245. The predicted molar refractivity (Wildman–Crippen MR) is 156 cm³/mol. The second-order valence-corrected chi connectivity index (χ2v) is 9.95. The molecule has 0 atom stereocenters. The minimum Gasteiger partial charge on any atom is -0.492 e. The fraction of sp³-hybridized carbons (Fsp3) is 0.276. The van der Waals surface area contributed by atoms with Gasteiger partial charge in [-0.3, -0.25) is 14.9 Å². The Morgan fingerprint density at radius 2 is 1.73 bits per heavy atom. The summed E-state index contributed by atoms with van der Waals surface area (Å²) >= 11 is 8.82. The van der Waals surface area contributed by atoms with Gasteiger partial charge in [0.25, 0.3) is 11.8 Å². The number of thiocarbonyl (C=S) groups is 1. The molecule has 2 N–H and O–H groups in total. The number of nitrogens with one attached hydrogen (secondary N) is 2. The van der Waals surface area contributed by atoms with Crippen molar-refractivity contribution in [2.45, 2.75) is 39.2 Å². The zero-order valence-electron chi connectivity index (χ0n) is 21.1. The van der Waals surface area contributed by atoms with Crippen LogP contribution in [0.4, 0.5) is 5.69 Å². The van der Waals surface area contributed by atoms with E-state index in [9.17, 15) is 9.59 Å². The van der Waals surface area contributed by atoms with E-state index in [1.807, 2.05) is 30.3 Å². The van der Waals surface area contributed by atoms with E-state index in [0.717, 1.165) is 18.4 Å². The maximum atomic E-state index is 12.9. The van der Waals surface area contributed by atoms with Gasteiger partial charge in [0.1, 0.15) is 5.75 Å². The molecule has 0 saturated heterocycles. The molecule has 3 aromatic carbocycles. The van der Waals surface area contributed by atoms with E-state index < -0.39 is 0 Å². The highest BCUT2D eigenvalue weighted by Crippen LogP contribution is 2.26. The van der Waals surface area contributed by atoms with E-state index in [1.165, 1.54) is 12.8 Å². The fourth-order valence-electron chi connectivity index (χ4n) is 3.69. The van der Waals surface area contributed by atoms with Crippen molar-refractivity contribution in [2.75, 3.05) is 19.0 Å². The maximum absolute atomic E-state index is 12.9. The van der Waals surface area contributed by atoms with Crippen LogP contribution in [-0.2, 0) is 6.54 Å². The maximum Gasteiger partial charge on any atom is 0.257 e. The Kier molecular flexibility index (Phi) is 11.1. The van der Waals surface area contributed by atoms with Crippen molar-refractivity contribution < 1.29 is 14.3 Å². The number of benzene rings is 3. The van der Waals surface area contributed by atoms with Crippen LogP contribution in [0.3, 0.4) is 0 Å². The lowest BCUT2D eigenvalue weighted by atomic mass is 10.1. The lowest BCUT2D eigenvalue weighted by molar-refractivity contribution is 0.0785. The fourth-order valence-corrected chi connectivity index (χ4v) is 4.39. The summed E-state index contributed by atoms with van der Waals surface area (Å²) in [7, 11) is 1.77. The van der Waals surface area contributed by atoms with Crippen LogP contribution in [0.15, 0.2) is 77.3 Å². The second-order valence-electron chi connectivity index (χ2n) is 8.69. The largest absolute Gasteiger partial charge is 0.492 e. The summed E-state index contributed by atoms with van der Waals surface area (Å²) in [6, 6.07) is 22.0. The minimum atomic E-state index is -0.345. The van der Waals surface area contributed by atoms with Crippen LogP contribution in [0.25, 0.3) is 0 Å². The average molecular weight is 583 g/mol. The van der Waals surface area contributed by atoms with E-state index in [0.29, 0.717) is 40.2 Å². The predicted octanol–water partition coefficient (Wildman–Crippen LogP) is 6.81. The Labute approximate surface area is 232 Å². The summed E-state index contributed by atoms with van der Waals surface area (Å²) < 4.78 is 6.52. The molecule has 3 rings (SSSR count). The number of nitrogens with zero attached hydrogens (tertiary/aromatic N) is 1. The Morgan fingerprint density at radius 3 is 2.46 bits per heavy atom. The number of unbranched alkanes of at least 4 members (excludes halogenated alkanes) is 3. The van der Waals surface area contributed by atoms with Crippen molar-refractivity contribution in [3.05, 3.63) is 94.0 Å². The molecule has 0 heterocycles. The van der Waals surface area contributed by atoms with Crippen LogP contribution in [-0.4, -0.2) is 35.5 Å². The SMILES string of the molecule is CCCCCCOc1ccc(C(=O)NC(=S)Nc2cccc(C(=O)N(C)Cc3ccccc3)c2)cc1Br. The van der Waals surface area contributed by atoms with Crippen molar-refractivity contribution >= 4 is 50.8 Å². The Balaban J connectivity index is 1.54. The molecular weight excluding hydrogens is 550 g/mol. The monoisotopic (exact) mass is 581 g/mol. The summed E-state index contributed by atoms with van der Waals surface area (Å²) in [5, 5.41) is 5.81. The molecule has 0 bridgehead atoms. The quantitative estimate of drug-likeness (QED) is 0.192. The van der Waals surface area contributed by atoms with Gasteiger partial charge in [-0.1, -0.05) is 62.6 Å². The first-order valence-corrected chi connectivity index (χ1v) is 13.5. The topological polar surface area (TPSA) is 70.7 Å². The first-order chi connectivity index (χ1) is 17.9. The third kappa shape index (κ3) is 8.98. The van der Waals surface area contributed by atoms with E-state index in [4.69, 9.17) is 17.0 Å². The molecule has 0 saturated carbocycles. The van der Waals surface area contributed by atoms with E-state index >= 15 is 0 Å². The van der Waals surface area contributed by atoms with Gasteiger partial charge in [-0.2, -0.15) is 0 Å². The molecule has 0 aliphatic carbocycles. The number of rotatable bonds is 11. The lowest BCUT2D eigenvalue weighted by Crippen LogP contribution is -2.34. The molecule has 0 spiro atoms. The first kappa shape index (κ1) is 28.3. The number of hydrogen-bond acceptors (Lipinski definition) is 4. The normalized spacial score (nSPS) is 10.5. The summed E-state index contributed by atoms with van der Waals surface area (Å²) in [4.78, 5) is 27.3. The molecular formula is C29H32BrN3O3S. The molecule has 2 amide bonds. The average Bonchev–Trinajstić information content (AvgIpc) is 2.89. The second kappa shape index (κ2) is 14.5. The highest BCUT2D eigenvalue weighted by molar-refractivity contribution is 9.10. The van der Waals surface area contributed by atoms with Gasteiger partial charge in [0, 0.05) is 30.4 Å². The molecule has 0 radical (unpaired) electrons. The van der Waals surface area contributed by atoms with E-state index in [2.05, 4.69) is 33.5 Å². The molecule has 194 valence electrons. The van der Waals surface area contributed by atoms with Gasteiger partial charge in [0.05, 0.1) is 11.1 Å². The zero-order valence-corrected chi connectivity index (χ0v) is 23.5. The molecule has 0 aromatic heterocycles. The van der Waals surface area contributed by atoms with Crippen LogP contribution in [0, 0.1) is 0 Å². The number of carbonyl (C=O) groups excluding carboxylic acids is 2. The molecule has 0 aliphatic rings. The Hall–Kier alpha value is -3.23. The van der Waals surface area contributed by atoms with Crippen LogP contribution >= 0.6 is 28.1 Å². The van der Waals surface area contributed by atoms with Gasteiger partial charge in [-0.05, 0) is 76.5 Å². The van der Waals surface area contributed by atoms with E-state index in [1.54, 1.807) is 54.4 Å². The van der Waals surface area contributed by atoms with Gasteiger partial charge in [0.15, 0.2) is 5.11 Å². The third-order valence-electron chi connectivity index (χ3n) is 5.65. The van der Waals surface area contributed by atoms with Crippen LogP contribution < -0.4 is 15.4 Å². The molecule has 0 fully saturated rings. The summed E-state index contributed by atoms with van der Waals surface area (Å²) in [6.07, 6.45) is 4.52. The van der Waals surface area contributed by atoms with E-state index in [-0.39, 0.29) is 16.9 Å². The number of amides is 2. The molecule has 8 heteroatoms. The molecule has 6 nitrogen and oxygen atoms in total. The smallest absolute Gasteiger partial charge is 0.257 e. The highest BCUT2D eigenvalue weighted by atomic mass is 79.9. The Morgan fingerprint density at radius 1 is 0.946 bits per heavy atom. The number of carbonyl (C=O) groups is 2. The van der Waals surface area contributed by atoms with Gasteiger partial charge in [0.2, 0.25) is 0 Å². The molecule has 0 unspecified atom stereocenters. The zero-order chi connectivity index (χ0) is 26.6. The van der Waals surface area contributed by atoms with Crippen molar-refractivity contribution in [2.24, 2.45) is 0 Å². The van der Waals surface area contributed by atoms with Crippen LogP contribution in [0.1, 0.15) is 58.9 Å². The minimum absolute atomic E-state index is 0.111. The number of ether oxygens (including phenoxy) is 1. The Bertz CT molecular complexity index is 1220. The molecule has 37 heavy (non-hydrogen) atoms. The van der Waals surface area contributed by atoms with Crippen LogP contribution in [0.5, 0.6) is 5.75 Å². The van der Waals surface area contributed by atoms with Crippen molar-refractivity contribution in [1.29, 1.82) is 0 Å². The number of anilines is 1. The standard InChI is InChI=1S/C29H32BrN3O3S/c1-3-4-5-9-17-36-26-16-15-22(19-25(26)30)27(34)32-29(37)31-24-14-10-13-23(18-24)28(35)33(2)20-21-11-7-6-8-12-21/h6-8,10-16,18-19H,3-5,9,17,20H2,1-2H3,(H2,31,32,34,37). The van der Waals surface area contributed by atoms with Crippen molar-refractivity contribution in [1.82, 2.24) is 10.2 Å². The molecule has 3 aromatic rings. The summed E-state index contributed by atoms with van der Waals surface area (Å²) in [6.45, 7) is 3.32. The first-order valence-electron chi connectivity index (χ1n) is 12.3. The summed E-state index contributed by atoms with van der Waals surface area (Å²) in [5.41, 5.74) is 2.62. The molecule has 0 aliphatic heterocycles. The van der Waals surface area contributed by atoms with Gasteiger partial charge in [-0.15, -0.1) is 0 Å². The van der Waals surface area contributed by atoms with Gasteiger partial charge in [-0.25, -0.2) is 0 Å². The van der Waals surface area contributed by atoms with Gasteiger partial charge >= 0.3 is 0 Å². The third-order valence-corrected chi connectivity index (χ3v) is 6.48. The van der Waals surface area contributed by atoms with Crippen LogP contribution in [0.2, 0.25) is 0 Å². The van der Waals surface area contributed by atoms with Crippen molar-refractivity contribution in [3.63, 3.8) is 0 Å². The van der Waals surface area contributed by atoms with Crippen molar-refractivity contribution in [3.8, 4) is 5.75 Å². The lowest BCUT2D eigenvalue weighted by Gasteiger charge is -2.18.